The number of fused-ring (bicyclic) bond motifs is 1. The molecule has 0 radical (unpaired) electrons. The van der Waals surface area contributed by atoms with Gasteiger partial charge in [-0.1, -0.05) is 6.92 Å². The Kier molecular flexibility index (Phi) is 3.13. The second kappa shape index (κ2) is 4.73. The Balaban J connectivity index is 2.21. The molecule has 0 amide bonds. The van der Waals surface area contributed by atoms with Crippen LogP contribution in [0.25, 0.3) is 5.65 Å². The van der Waals surface area contributed by atoms with Crippen molar-refractivity contribution in [2.45, 2.75) is 19.9 Å². The summed E-state index contributed by atoms with van der Waals surface area (Å²) in [6, 6.07) is 2.06. The first-order valence-corrected chi connectivity index (χ1v) is 5.28. The number of nitriles is 1. The quantitative estimate of drug-likeness (QED) is 0.775. The molecule has 1 N–H and O–H groups in total. The first-order chi connectivity index (χ1) is 7.85. The van der Waals surface area contributed by atoms with Crippen molar-refractivity contribution >= 4 is 5.65 Å². The van der Waals surface area contributed by atoms with Gasteiger partial charge in [-0.3, -0.25) is 0 Å². The lowest BCUT2D eigenvalue weighted by Crippen LogP contribution is -2.14. The van der Waals surface area contributed by atoms with Gasteiger partial charge in [0.1, 0.15) is 11.6 Å². The van der Waals surface area contributed by atoms with E-state index < -0.39 is 0 Å². The Labute approximate surface area is 93.7 Å². The molecular weight excluding hydrogens is 202 g/mol. The fourth-order valence-electron chi connectivity index (χ4n) is 1.49. The molecule has 0 unspecified atom stereocenters. The monoisotopic (exact) mass is 215 g/mol. The van der Waals surface area contributed by atoms with Crippen molar-refractivity contribution in [2.24, 2.45) is 0 Å². The number of nitrogens with one attached hydrogen (secondary N) is 1. The van der Waals surface area contributed by atoms with Gasteiger partial charge >= 0.3 is 0 Å². The summed E-state index contributed by atoms with van der Waals surface area (Å²) in [5.41, 5.74) is 2.18. The van der Waals surface area contributed by atoms with E-state index in [4.69, 9.17) is 5.26 Å². The van der Waals surface area contributed by atoms with Crippen molar-refractivity contribution in [1.29, 1.82) is 5.26 Å². The highest BCUT2D eigenvalue weighted by Gasteiger charge is 2.04. The fourth-order valence-corrected chi connectivity index (χ4v) is 1.49. The molecule has 0 aliphatic carbocycles. The molecule has 82 valence electrons. The molecule has 2 aromatic heterocycles. The van der Waals surface area contributed by atoms with Crippen molar-refractivity contribution < 1.29 is 0 Å². The molecule has 0 aliphatic rings. The van der Waals surface area contributed by atoms with E-state index >= 15 is 0 Å². The molecule has 2 heterocycles. The summed E-state index contributed by atoms with van der Waals surface area (Å²) in [6.07, 6.45) is 6.31. The van der Waals surface area contributed by atoms with Gasteiger partial charge in [-0.25, -0.2) is 9.50 Å². The SMILES string of the molecule is CCCNCc1cnc2c(C#N)cnn2c1. The Morgan fingerprint density at radius 2 is 2.38 bits per heavy atom. The molecule has 0 spiro atoms. The lowest BCUT2D eigenvalue weighted by molar-refractivity contribution is 0.669. The van der Waals surface area contributed by atoms with Crippen LogP contribution >= 0.6 is 0 Å². The largest absolute Gasteiger partial charge is 0.313 e. The molecule has 2 aromatic rings. The van der Waals surface area contributed by atoms with E-state index in [1.165, 1.54) is 6.20 Å². The van der Waals surface area contributed by atoms with Crippen LogP contribution in [0.3, 0.4) is 0 Å². The lowest BCUT2D eigenvalue weighted by atomic mass is 10.3. The highest BCUT2D eigenvalue weighted by molar-refractivity contribution is 5.53. The minimum absolute atomic E-state index is 0.507. The Morgan fingerprint density at radius 1 is 1.50 bits per heavy atom. The molecule has 0 bridgehead atoms. The van der Waals surface area contributed by atoms with Crippen LogP contribution in [0.5, 0.6) is 0 Å². The normalized spacial score (nSPS) is 10.5. The third-order valence-corrected chi connectivity index (χ3v) is 2.29. The minimum atomic E-state index is 0.507. The molecule has 2 rings (SSSR count). The number of aromatic nitrogens is 3. The maximum Gasteiger partial charge on any atom is 0.172 e. The van der Waals surface area contributed by atoms with E-state index in [2.05, 4.69) is 28.4 Å². The van der Waals surface area contributed by atoms with E-state index in [9.17, 15) is 0 Å². The maximum absolute atomic E-state index is 8.81. The van der Waals surface area contributed by atoms with E-state index in [1.807, 2.05) is 6.20 Å². The molecule has 5 nitrogen and oxygen atoms in total. The molecule has 0 saturated carbocycles. The van der Waals surface area contributed by atoms with Crippen LogP contribution in [-0.4, -0.2) is 21.1 Å². The van der Waals surface area contributed by atoms with Gasteiger partial charge in [-0.2, -0.15) is 10.4 Å². The summed E-state index contributed by atoms with van der Waals surface area (Å²) in [5, 5.41) is 16.2. The molecular formula is C11H13N5. The lowest BCUT2D eigenvalue weighted by Gasteiger charge is -2.02. The maximum atomic E-state index is 8.81. The van der Waals surface area contributed by atoms with Crippen molar-refractivity contribution in [2.75, 3.05) is 6.54 Å². The molecule has 0 fully saturated rings. The van der Waals surface area contributed by atoms with Crippen LogP contribution in [-0.2, 0) is 6.54 Å². The topological polar surface area (TPSA) is 66.0 Å². The van der Waals surface area contributed by atoms with Gasteiger partial charge in [0.05, 0.1) is 6.20 Å². The average molecular weight is 215 g/mol. The number of hydrogen-bond acceptors (Lipinski definition) is 4. The van der Waals surface area contributed by atoms with Crippen LogP contribution in [0.1, 0.15) is 24.5 Å². The van der Waals surface area contributed by atoms with E-state index in [-0.39, 0.29) is 0 Å². The fraction of sp³-hybridized carbons (Fsp3) is 0.364. The molecule has 0 saturated heterocycles. The van der Waals surface area contributed by atoms with Crippen molar-refractivity contribution in [3.05, 3.63) is 29.7 Å². The zero-order chi connectivity index (χ0) is 11.4. The zero-order valence-electron chi connectivity index (χ0n) is 9.14. The Morgan fingerprint density at radius 3 is 3.12 bits per heavy atom. The highest BCUT2D eigenvalue weighted by atomic mass is 15.2. The minimum Gasteiger partial charge on any atom is -0.313 e. The standard InChI is InChI=1S/C11H13N5/c1-2-3-13-5-9-6-14-11-10(4-12)7-15-16(11)8-9/h6-8,13H,2-3,5H2,1H3. The number of rotatable bonds is 4. The van der Waals surface area contributed by atoms with Crippen LogP contribution < -0.4 is 5.32 Å². The second-order valence-corrected chi connectivity index (χ2v) is 3.58. The van der Waals surface area contributed by atoms with Crippen molar-refractivity contribution in [3.63, 3.8) is 0 Å². The second-order valence-electron chi connectivity index (χ2n) is 3.58. The van der Waals surface area contributed by atoms with Gasteiger partial charge in [0.25, 0.3) is 0 Å². The van der Waals surface area contributed by atoms with E-state index in [0.717, 1.165) is 25.1 Å². The van der Waals surface area contributed by atoms with E-state index in [0.29, 0.717) is 11.2 Å². The van der Waals surface area contributed by atoms with Gasteiger partial charge in [0.2, 0.25) is 0 Å². The van der Waals surface area contributed by atoms with Gasteiger partial charge in [-0.15, -0.1) is 0 Å². The highest BCUT2D eigenvalue weighted by Crippen LogP contribution is 2.07. The Hall–Kier alpha value is -1.93. The predicted octanol–water partition coefficient (Wildman–Crippen LogP) is 1.10. The molecule has 16 heavy (non-hydrogen) atoms. The van der Waals surface area contributed by atoms with Crippen LogP contribution in [0.4, 0.5) is 0 Å². The van der Waals surface area contributed by atoms with Gasteiger partial charge < -0.3 is 5.32 Å². The summed E-state index contributed by atoms with van der Waals surface area (Å²) >= 11 is 0. The zero-order valence-corrected chi connectivity index (χ0v) is 9.14. The number of hydrogen-bond donors (Lipinski definition) is 1. The smallest absolute Gasteiger partial charge is 0.172 e. The summed E-state index contributed by atoms with van der Waals surface area (Å²) in [6.45, 7) is 3.89. The van der Waals surface area contributed by atoms with Crippen LogP contribution in [0, 0.1) is 11.3 Å². The van der Waals surface area contributed by atoms with Crippen molar-refractivity contribution in [3.8, 4) is 6.07 Å². The average Bonchev–Trinajstić information content (AvgIpc) is 2.71. The Bertz CT molecular complexity index is 523. The summed E-state index contributed by atoms with van der Waals surface area (Å²) < 4.78 is 1.64. The summed E-state index contributed by atoms with van der Waals surface area (Å²) in [4.78, 5) is 4.23. The first kappa shape index (κ1) is 10.6. The van der Waals surface area contributed by atoms with Gasteiger partial charge in [0.15, 0.2) is 5.65 Å². The van der Waals surface area contributed by atoms with Crippen LogP contribution in [0.2, 0.25) is 0 Å². The third kappa shape index (κ3) is 2.02. The summed E-state index contributed by atoms with van der Waals surface area (Å²) in [5.74, 6) is 0. The molecule has 0 aromatic carbocycles. The number of nitrogens with zero attached hydrogens (tertiary/aromatic N) is 4. The van der Waals surface area contributed by atoms with E-state index in [1.54, 1.807) is 10.7 Å². The predicted molar refractivity (Wildman–Crippen MR) is 59.7 cm³/mol. The van der Waals surface area contributed by atoms with Gasteiger partial charge in [-0.05, 0) is 13.0 Å². The molecule has 5 heteroatoms. The summed E-state index contributed by atoms with van der Waals surface area (Å²) in [7, 11) is 0. The molecule has 0 aliphatic heterocycles. The van der Waals surface area contributed by atoms with Gasteiger partial charge in [0, 0.05) is 24.5 Å². The third-order valence-electron chi connectivity index (χ3n) is 2.29. The molecule has 0 atom stereocenters. The van der Waals surface area contributed by atoms with Crippen molar-refractivity contribution in [1.82, 2.24) is 19.9 Å². The van der Waals surface area contributed by atoms with Crippen LogP contribution in [0.15, 0.2) is 18.6 Å². The first-order valence-electron chi connectivity index (χ1n) is 5.28.